The Hall–Kier alpha value is -1.51. The molecule has 0 spiro atoms. The second-order valence-corrected chi connectivity index (χ2v) is 7.23. The Labute approximate surface area is 113 Å². The number of hydrogen-bond acceptors (Lipinski definition) is 5. The number of carbonyl (C=O) groups is 1. The summed E-state index contributed by atoms with van der Waals surface area (Å²) >= 11 is 1.14. The number of hydrogen-bond donors (Lipinski definition) is 2. The van der Waals surface area contributed by atoms with Crippen LogP contribution < -0.4 is 10.0 Å². The lowest BCUT2D eigenvalue weighted by Crippen LogP contribution is -2.39. The third kappa shape index (κ3) is 2.34. The van der Waals surface area contributed by atoms with Crippen LogP contribution in [0.3, 0.4) is 0 Å². The first-order chi connectivity index (χ1) is 9.06. The molecule has 2 aromatic rings. The summed E-state index contributed by atoms with van der Waals surface area (Å²) in [7, 11) is -3.67. The van der Waals surface area contributed by atoms with Gasteiger partial charge in [-0.2, -0.15) is 4.72 Å². The van der Waals surface area contributed by atoms with Crippen LogP contribution in [-0.4, -0.2) is 31.9 Å². The first-order valence-electron chi connectivity index (χ1n) is 5.71. The van der Waals surface area contributed by atoms with Crippen molar-refractivity contribution in [3.63, 3.8) is 0 Å². The number of pyridine rings is 1. The lowest BCUT2D eigenvalue weighted by atomic mass is 10.3. The maximum absolute atomic E-state index is 12.2. The molecule has 0 saturated carbocycles. The van der Waals surface area contributed by atoms with Crippen molar-refractivity contribution in [1.29, 1.82) is 0 Å². The van der Waals surface area contributed by atoms with Crippen molar-refractivity contribution in [1.82, 2.24) is 15.0 Å². The Morgan fingerprint density at radius 1 is 1.47 bits per heavy atom. The number of nitrogens with zero attached hydrogens (tertiary/aromatic N) is 1. The lowest BCUT2D eigenvalue weighted by molar-refractivity contribution is -0.120. The van der Waals surface area contributed by atoms with Gasteiger partial charge in [-0.1, -0.05) is 0 Å². The van der Waals surface area contributed by atoms with Crippen molar-refractivity contribution in [3.05, 3.63) is 24.4 Å². The predicted molar refractivity (Wildman–Crippen MR) is 71.4 cm³/mol. The number of fused-ring (bicyclic) bond motifs is 1. The number of carbonyl (C=O) groups excluding carboxylic acids is 1. The monoisotopic (exact) mass is 297 g/mol. The molecule has 100 valence electrons. The van der Waals surface area contributed by atoms with Crippen molar-refractivity contribution >= 4 is 37.5 Å². The number of rotatable bonds is 3. The molecule has 3 rings (SSSR count). The molecule has 0 radical (unpaired) electrons. The molecule has 1 amide bonds. The van der Waals surface area contributed by atoms with Crippen LogP contribution in [-0.2, 0) is 14.8 Å². The van der Waals surface area contributed by atoms with Crippen LogP contribution >= 0.6 is 11.3 Å². The van der Waals surface area contributed by atoms with Gasteiger partial charge in [0, 0.05) is 12.7 Å². The fourth-order valence-electron chi connectivity index (χ4n) is 1.93. The van der Waals surface area contributed by atoms with Crippen molar-refractivity contribution in [2.24, 2.45) is 0 Å². The summed E-state index contributed by atoms with van der Waals surface area (Å²) in [5, 5.41) is 2.60. The average molecular weight is 297 g/mol. The standard InChI is InChI=1S/C11H11N3O3S2/c15-11-7(3-5-13-11)14-19(16,17)10-6-8-9(18-10)2-1-4-12-8/h1-2,4,6-7,14H,3,5H2,(H,13,15)/t7-/m0/s1. The maximum Gasteiger partial charge on any atom is 0.250 e. The van der Waals surface area contributed by atoms with Crippen LogP contribution in [0.25, 0.3) is 10.2 Å². The zero-order valence-corrected chi connectivity index (χ0v) is 11.4. The van der Waals surface area contributed by atoms with E-state index in [1.165, 1.54) is 6.07 Å². The van der Waals surface area contributed by atoms with Gasteiger partial charge in [0.2, 0.25) is 5.91 Å². The van der Waals surface area contributed by atoms with Gasteiger partial charge < -0.3 is 5.32 Å². The van der Waals surface area contributed by atoms with Crippen LogP contribution in [0.2, 0.25) is 0 Å². The molecule has 19 heavy (non-hydrogen) atoms. The lowest BCUT2D eigenvalue weighted by Gasteiger charge is -2.08. The summed E-state index contributed by atoms with van der Waals surface area (Å²) in [6, 6.07) is 4.42. The van der Waals surface area contributed by atoms with E-state index in [0.717, 1.165) is 16.0 Å². The highest BCUT2D eigenvalue weighted by atomic mass is 32.2. The van der Waals surface area contributed by atoms with E-state index >= 15 is 0 Å². The van der Waals surface area contributed by atoms with Crippen LogP contribution in [0.5, 0.6) is 0 Å². The Kier molecular flexibility index (Phi) is 3.00. The van der Waals surface area contributed by atoms with Crippen molar-refractivity contribution < 1.29 is 13.2 Å². The van der Waals surface area contributed by atoms with E-state index < -0.39 is 16.1 Å². The van der Waals surface area contributed by atoms with Crippen LogP contribution in [0.4, 0.5) is 0 Å². The van der Waals surface area contributed by atoms with Gasteiger partial charge in [-0.05, 0) is 24.6 Å². The Bertz CT molecular complexity index is 705. The fraction of sp³-hybridized carbons (Fsp3) is 0.273. The number of nitrogens with one attached hydrogen (secondary N) is 2. The molecule has 1 atom stereocenters. The van der Waals surface area contributed by atoms with Gasteiger partial charge >= 0.3 is 0 Å². The molecule has 0 bridgehead atoms. The number of aromatic nitrogens is 1. The molecule has 2 N–H and O–H groups in total. The van der Waals surface area contributed by atoms with Crippen LogP contribution in [0.1, 0.15) is 6.42 Å². The molecular weight excluding hydrogens is 286 g/mol. The van der Waals surface area contributed by atoms with Gasteiger partial charge in [0.05, 0.1) is 10.2 Å². The topological polar surface area (TPSA) is 88.2 Å². The maximum atomic E-state index is 12.2. The van der Waals surface area contributed by atoms with E-state index in [4.69, 9.17) is 0 Å². The van der Waals surface area contributed by atoms with E-state index in [-0.39, 0.29) is 10.1 Å². The molecule has 1 saturated heterocycles. The fourth-order valence-corrected chi connectivity index (χ4v) is 4.52. The Morgan fingerprint density at radius 3 is 3.00 bits per heavy atom. The highest BCUT2D eigenvalue weighted by Gasteiger charge is 2.30. The molecule has 1 aliphatic rings. The van der Waals surface area contributed by atoms with E-state index in [9.17, 15) is 13.2 Å². The molecule has 0 unspecified atom stereocenters. The van der Waals surface area contributed by atoms with Gasteiger partial charge in [0.15, 0.2) is 0 Å². The molecule has 8 heteroatoms. The van der Waals surface area contributed by atoms with Crippen molar-refractivity contribution in [2.45, 2.75) is 16.7 Å². The first-order valence-corrected chi connectivity index (χ1v) is 8.01. The smallest absolute Gasteiger partial charge is 0.250 e. The Morgan fingerprint density at radius 2 is 2.32 bits per heavy atom. The minimum atomic E-state index is -3.67. The number of amides is 1. The highest BCUT2D eigenvalue weighted by Crippen LogP contribution is 2.27. The van der Waals surface area contributed by atoms with Gasteiger partial charge in [-0.25, -0.2) is 8.42 Å². The van der Waals surface area contributed by atoms with E-state index in [1.807, 2.05) is 6.07 Å². The minimum absolute atomic E-state index is 0.181. The van der Waals surface area contributed by atoms with Gasteiger partial charge in [-0.3, -0.25) is 9.78 Å². The quantitative estimate of drug-likeness (QED) is 0.861. The second-order valence-electron chi connectivity index (χ2n) is 4.21. The van der Waals surface area contributed by atoms with Gasteiger partial charge in [-0.15, -0.1) is 11.3 Å². The van der Waals surface area contributed by atoms with Crippen molar-refractivity contribution in [2.75, 3.05) is 6.54 Å². The molecular formula is C11H11N3O3S2. The first kappa shape index (κ1) is 12.5. The highest BCUT2D eigenvalue weighted by molar-refractivity contribution is 7.91. The molecule has 2 aromatic heterocycles. The molecule has 6 nitrogen and oxygen atoms in total. The van der Waals surface area contributed by atoms with E-state index in [2.05, 4.69) is 15.0 Å². The Balaban J connectivity index is 1.93. The van der Waals surface area contributed by atoms with Gasteiger partial charge in [0.1, 0.15) is 10.3 Å². The SMILES string of the molecule is O=C1NCC[C@@H]1NS(=O)(=O)c1cc2ncccc2s1. The molecule has 1 aliphatic heterocycles. The predicted octanol–water partition coefficient (Wildman–Crippen LogP) is 0.463. The number of thiophene rings is 1. The molecule has 0 aliphatic carbocycles. The summed E-state index contributed by atoms with van der Waals surface area (Å²) in [6.07, 6.45) is 2.09. The largest absolute Gasteiger partial charge is 0.355 e. The van der Waals surface area contributed by atoms with Crippen LogP contribution in [0.15, 0.2) is 28.6 Å². The summed E-state index contributed by atoms with van der Waals surface area (Å²) in [5.41, 5.74) is 0.642. The second kappa shape index (κ2) is 4.55. The zero-order valence-electron chi connectivity index (χ0n) is 9.79. The molecule has 0 aromatic carbocycles. The summed E-state index contributed by atoms with van der Waals surface area (Å²) < 4.78 is 27.8. The number of sulfonamides is 1. The normalized spacial score (nSPS) is 19.8. The third-order valence-corrected chi connectivity index (χ3v) is 5.91. The minimum Gasteiger partial charge on any atom is -0.355 e. The third-order valence-electron chi connectivity index (χ3n) is 2.88. The van der Waals surface area contributed by atoms with E-state index in [0.29, 0.717) is 18.5 Å². The summed E-state index contributed by atoms with van der Waals surface area (Å²) in [4.78, 5) is 15.5. The zero-order chi connectivity index (χ0) is 13.5. The summed E-state index contributed by atoms with van der Waals surface area (Å²) in [6.45, 7) is 0.500. The summed E-state index contributed by atoms with van der Waals surface area (Å²) in [5.74, 6) is -0.275. The molecule has 3 heterocycles. The van der Waals surface area contributed by atoms with Gasteiger partial charge in [0.25, 0.3) is 10.0 Å². The average Bonchev–Trinajstić information content (AvgIpc) is 2.96. The van der Waals surface area contributed by atoms with E-state index in [1.54, 1.807) is 12.3 Å². The van der Waals surface area contributed by atoms with Crippen molar-refractivity contribution in [3.8, 4) is 0 Å². The van der Waals surface area contributed by atoms with Crippen LogP contribution in [0, 0.1) is 0 Å². The molecule has 1 fully saturated rings.